The molecule has 0 unspecified atom stereocenters. The first-order valence-corrected chi connectivity index (χ1v) is 2.93. The molecular formula is C6H9NO2. The molecule has 1 atom stereocenters. The Balaban J connectivity index is 2.53. The molecule has 0 spiro atoms. The molecule has 1 amide bonds. The van der Waals surface area contributed by atoms with Crippen molar-refractivity contribution in [1.82, 2.24) is 4.90 Å². The summed E-state index contributed by atoms with van der Waals surface area (Å²) in [6, 6.07) is 0. The number of hydrogen-bond acceptors (Lipinski definition) is 2. The summed E-state index contributed by atoms with van der Waals surface area (Å²) in [5.74, 6) is 0.0228. The normalized spacial score (nSPS) is 27.0. The molecule has 9 heavy (non-hydrogen) atoms. The van der Waals surface area contributed by atoms with E-state index >= 15 is 0 Å². The van der Waals surface area contributed by atoms with Crippen LogP contribution in [0.15, 0.2) is 0 Å². The van der Waals surface area contributed by atoms with Gasteiger partial charge >= 0.3 is 0 Å². The van der Waals surface area contributed by atoms with Gasteiger partial charge in [0.15, 0.2) is 0 Å². The third-order valence-corrected chi connectivity index (χ3v) is 1.56. The van der Waals surface area contributed by atoms with Crippen LogP contribution >= 0.6 is 0 Å². The minimum Gasteiger partial charge on any atom is -0.345 e. The standard InChI is InChI=1S/C6H9NO2/c1-7-3-5(4-8)2-6(7)9/h4-5H,2-3H2,1H3/t5-/m1/s1. The summed E-state index contributed by atoms with van der Waals surface area (Å²) in [4.78, 5) is 22.4. The fourth-order valence-electron chi connectivity index (χ4n) is 0.989. The third kappa shape index (κ3) is 1.09. The van der Waals surface area contributed by atoms with E-state index in [2.05, 4.69) is 0 Å². The van der Waals surface area contributed by atoms with Gasteiger partial charge in [0.25, 0.3) is 0 Å². The zero-order valence-corrected chi connectivity index (χ0v) is 5.33. The number of likely N-dealkylation sites (tertiary alicyclic amines) is 1. The maximum Gasteiger partial charge on any atom is 0.223 e. The van der Waals surface area contributed by atoms with Gasteiger partial charge in [-0.1, -0.05) is 0 Å². The molecule has 1 saturated heterocycles. The van der Waals surface area contributed by atoms with Gasteiger partial charge < -0.3 is 9.69 Å². The molecule has 0 saturated carbocycles. The predicted molar refractivity (Wildman–Crippen MR) is 31.8 cm³/mol. The van der Waals surface area contributed by atoms with Crippen LogP contribution in [0, 0.1) is 5.92 Å². The number of carbonyl (C=O) groups is 2. The molecular weight excluding hydrogens is 118 g/mol. The molecule has 1 fully saturated rings. The summed E-state index contributed by atoms with van der Waals surface area (Å²) in [5.41, 5.74) is 0. The Kier molecular flexibility index (Phi) is 1.51. The second-order valence-corrected chi connectivity index (χ2v) is 2.37. The highest BCUT2D eigenvalue weighted by Gasteiger charge is 2.25. The molecule has 0 aromatic carbocycles. The Bertz CT molecular complexity index is 144. The van der Waals surface area contributed by atoms with Gasteiger partial charge in [0.2, 0.25) is 5.91 Å². The number of nitrogens with zero attached hydrogens (tertiary/aromatic N) is 1. The minimum absolute atomic E-state index is 0.0532. The topological polar surface area (TPSA) is 37.4 Å². The van der Waals surface area contributed by atoms with Crippen LogP contribution in [0.4, 0.5) is 0 Å². The maximum atomic E-state index is 10.7. The van der Waals surface area contributed by atoms with Crippen molar-refractivity contribution in [2.24, 2.45) is 5.92 Å². The van der Waals surface area contributed by atoms with Crippen LogP contribution in [0.1, 0.15) is 6.42 Å². The second kappa shape index (κ2) is 2.17. The lowest BCUT2D eigenvalue weighted by Gasteiger charge is -2.04. The third-order valence-electron chi connectivity index (χ3n) is 1.56. The summed E-state index contributed by atoms with van der Waals surface area (Å²) in [6.45, 7) is 0.600. The van der Waals surface area contributed by atoms with Crippen molar-refractivity contribution in [3.05, 3.63) is 0 Å². The average molecular weight is 127 g/mol. The van der Waals surface area contributed by atoms with E-state index in [0.717, 1.165) is 6.29 Å². The quantitative estimate of drug-likeness (QED) is 0.452. The van der Waals surface area contributed by atoms with Gasteiger partial charge in [-0.05, 0) is 0 Å². The van der Waals surface area contributed by atoms with E-state index in [-0.39, 0.29) is 11.8 Å². The lowest BCUT2D eigenvalue weighted by molar-refractivity contribution is -0.126. The molecule has 1 aliphatic heterocycles. The van der Waals surface area contributed by atoms with E-state index in [1.165, 1.54) is 0 Å². The molecule has 0 N–H and O–H groups in total. The van der Waals surface area contributed by atoms with Crippen LogP contribution in [0.3, 0.4) is 0 Å². The minimum atomic E-state index is -0.0532. The Morgan fingerprint density at radius 1 is 1.78 bits per heavy atom. The second-order valence-electron chi connectivity index (χ2n) is 2.37. The van der Waals surface area contributed by atoms with Gasteiger partial charge in [0, 0.05) is 25.9 Å². The highest BCUT2D eigenvalue weighted by atomic mass is 16.2. The van der Waals surface area contributed by atoms with Crippen LogP contribution in [0.5, 0.6) is 0 Å². The molecule has 1 aliphatic rings. The monoisotopic (exact) mass is 127 g/mol. The molecule has 0 bridgehead atoms. The number of carbonyl (C=O) groups excluding carboxylic acids is 2. The molecule has 0 aromatic heterocycles. The van der Waals surface area contributed by atoms with Crippen LogP contribution in [0.2, 0.25) is 0 Å². The molecule has 0 aromatic rings. The van der Waals surface area contributed by atoms with Crippen molar-refractivity contribution in [2.45, 2.75) is 6.42 Å². The lowest BCUT2D eigenvalue weighted by Crippen LogP contribution is -2.19. The zero-order chi connectivity index (χ0) is 6.85. The van der Waals surface area contributed by atoms with Crippen molar-refractivity contribution >= 4 is 12.2 Å². The highest BCUT2D eigenvalue weighted by Crippen LogP contribution is 2.12. The van der Waals surface area contributed by atoms with Gasteiger partial charge in [-0.3, -0.25) is 4.79 Å². The van der Waals surface area contributed by atoms with Crippen LogP contribution in [0.25, 0.3) is 0 Å². The predicted octanol–water partition coefficient (Wildman–Crippen LogP) is -0.336. The summed E-state index contributed by atoms with van der Waals surface area (Å²) >= 11 is 0. The van der Waals surface area contributed by atoms with Crippen molar-refractivity contribution in [3.63, 3.8) is 0 Å². The van der Waals surface area contributed by atoms with Gasteiger partial charge in [-0.2, -0.15) is 0 Å². The van der Waals surface area contributed by atoms with Crippen LogP contribution in [-0.2, 0) is 9.59 Å². The largest absolute Gasteiger partial charge is 0.345 e. The Labute approximate surface area is 53.6 Å². The molecule has 3 nitrogen and oxygen atoms in total. The van der Waals surface area contributed by atoms with Gasteiger partial charge in [0.1, 0.15) is 6.29 Å². The lowest BCUT2D eigenvalue weighted by atomic mass is 10.1. The van der Waals surface area contributed by atoms with Gasteiger partial charge in [0.05, 0.1) is 0 Å². The van der Waals surface area contributed by atoms with E-state index in [1.54, 1.807) is 11.9 Å². The van der Waals surface area contributed by atoms with Crippen molar-refractivity contribution in [2.75, 3.05) is 13.6 Å². The van der Waals surface area contributed by atoms with Gasteiger partial charge in [-0.15, -0.1) is 0 Å². The number of aldehydes is 1. The Morgan fingerprint density at radius 2 is 2.44 bits per heavy atom. The SMILES string of the molecule is CN1C[C@H](C=O)CC1=O. The molecule has 1 rings (SSSR count). The summed E-state index contributed by atoms with van der Waals surface area (Å²) in [5, 5.41) is 0. The molecule has 3 heteroatoms. The first-order valence-electron chi connectivity index (χ1n) is 2.93. The van der Waals surface area contributed by atoms with E-state index in [4.69, 9.17) is 0 Å². The van der Waals surface area contributed by atoms with Crippen LogP contribution < -0.4 is 0 Å². The first-order chi connectivity index (χ1) is 4.24. The van der Waals surface area contributed by atoms with E-state index < -0.39 is 0 Å². The summed E-state index contributed by atoms with van der Waals surface area (Å²) in [7, 11) is 1.71. The number of rotatable bonds is 1. The summed E-state index contributed by atoms with van der Waals surface area (Å²) in [6.07, 6.45) is 1.25. The highest BCUT2D eigenvalue weighted by molar-refractivity contribution is 5.82. The van der Waals surface area contributed by atoms with Crippen LogP contribution in [-0.4, -0.2) is 30.7 Å². The number of amides is 1. The first kappa shape index (κ1) is 6.26. The van der Waals surface area contributed by atoms with E-state index in [9.17, 15) is 9.59 Å². The Hall–Kier alpha value is -0.860. The summed E-state index contributed by atoms with van der Waals surface area (Å²) < 4.78 is 0. The zero-order valence-electron chi connectivity index (χ0n) is 5.33. The van der Waals surface area contributed by atoms with E-state index in [0.29, 0.717) is 13.0 Å². The molecule has 0 aliphatic carbocycles. The fraction of sp³-hybridized carbons (Fsp3) is 0.667. The Morgan fingerprint density at radius 3 is 2.67 bits per heavy atom. The number of hydrogen-bond donors (Lipinski definition) is 0. The van der Waals surface area contributed by atoms with E-state index in [1.807, 2.05) is 0 Å². The van der Waals surface area contributed by atoms with Crippen molar-refractivity contribution < 1.29 is 9.59 Å². The molecule has 0 radical (unpaired) electrons. The van der Waals surface area contributed by atoms with Crippen molar-refractivity contribution in [3.8, 4) is 0 Å². The maximum absolute atomic E-state index is 10.7. The van der Waals surface area contributed by atoms with Gasteiger partial charge in [-0.25, -0.2) is 0 Å². The molecule has 50 valence electrons. The van der Waals surface area contributed by atoms with Crippen molar-refractivity contribution in [1.29, 1.82) is 0 Å². The molecule has 1 heterocycles. The average Bonchev–Trinajstić information content (AvgIpc) is 2.13. The fourth-order valence-corrected chi connectivity index (χ4v) is 0.989. The smallest absolute Gasteiger partial charge is 0.223 e.